The highest BCUT2D eigenvalue weighted by Gasteiger charge is 2.63. The van der Waals surface area contributed by atoms with Gasteiger partial charge in [0.15, 0.2) is 0 Å². The molecule has 1 N–H and O–H groups in total. The molecule has 0 aromatic rings. The molecule has 0 amide bonds. The van der Waals surface area contributed by atoms with Crippen molar-refractivity contribution in [2.75, 3.05) is 26.3 Å². The van der Waals surface area contributed by atoms with E-state index in [4.69, 9.17) is 4.74 Å². The minimum Gasteiger partial charge on any atom is -0.388 e. The lowest BCUT2D eigenvalue weighted by molar-refractivity contribution is -0.234. The molecule has 0 spiro atoms. The van der Waals surface area contributed by atoms with Gasteiger partial charge in [0.1, 0.15) is 0 Å². The molecule has 1 heterocycles. The van der Waals surface area contributed by atoms with E-state index >= 15 is 0 Å². The molecular weight excluding hydrogens is 214 g/mol. The van der Waals surface area contributed by atoms with Crippen LogP contribution in [0.5, 0.6) is 0 Å². The lowest BCUT2D eigenvalue weighted by atomic mass is 9.43. The van der Waals surface area contributed by atoms with Gasteiger partial charge < -0.3 is 9.84 Å². The second kappa shape index (κ2) is 3.69. The smallest absolute Gasteiger partial charge is 0.0807 e. The number of ether oxygens (including phenoxy) is 1. The maximum atomic E-state index is 10.9. The Labute approximate surface area is 104 Å². The molecule has 4 atom stereocenters. The van der Waals surface area contributed by atoms with Gasteiger partial charge in [0.05, 0.1) is 18.8 Å². The Bertz CT molecular complexity index is 307. The van der Waals surface area contributed by atoms with Crippen LogP contribution in [0.4, 0.5) is 0 Å². The first-order valence-corrected chi connectivity index (χ1v) is 6.98. The topological polar surface area (TPSA) is 32.7 Å². The molecule has 2 bridgehead atoms. The largest absolute Gasteiger partial charge is 0.388 e. The summed E-state index contributed by atoms with van der Waals surface area (Å²) in [4.78, 5) is 2.46. The van der Waals surface area contributed by atoms with E-state index in [2.05, 4.69) is 25.7 Å². The first kappa shape index (κ1) is 11.9. The maximum Gasteiger partial charge on any atom is 0.0807 e. The Balaban J connectivity index is 1.79. The monoisotopic (exact) mass is 239 g/mol. The van der Waals surface area contributed by atoms with E-state index in [0.717, 1.165) is 38.6 Å². The number of nitrogens with zero attached hydrogens (tertiary/aromatic N) is 1. The zero-order valence-electron chi connectivity index (χ0n) is 11.3. The summed E-state index contributed by atoms with van der Waals surface area (Å²) in [6.45, 7) is 10.3. The van der Waals surface area contributed by atoms with E-state index in [0.29, 0.717) is 17.4 Å². The zero-order chi connectivity index (χ0) is 12.3. The molecule has 0 radical (unpaired) electrons. The molecular formula is C14H25NO2. The average Bonchev–Trinajstić information content (AvgIpc) is 2.28. The fraction of sp³-hybridized carbons (Fsp3) is 1.00. The molecule has 98 valence electrons. The molecule has 3 saturated carbocycles. The number of hydrogen-bond acceptors (Lipinski definition) is 3. The summed E-state index contributed by atoms with van der Waals surface area (Å²) in [7, 11) is 0. The molecule has 3 heteroatoms. The van der Waals surface area contributed by atoms with Gasteiger partial charge in [0.2, 0.25) is 0 Å². The first-order valence-electron chi connectivity index (χ1n) is 6.98. The fourth-order valence-corrected chi connectivity index (χ4v) is 4.56. The Morgan fingerprint density at radius 2 is 1.76 bits per heavy atom. The number of fused-ring (bicyclic) bond motifs is 2. The van der Waals surface area contributed by atoms with Crippen LogP contribution in [-0.4, -0.2) is 48.0 Å². The molecule has 2 unspecified atom stereocenters. The van der Waals surface area contributed by atoms with E-state index in [1.807, 2.05) is 0 Å². The van der Waals surface area contributed by atoms with E-state index < -0.39 is 5.60 Å². The Kier molecular flexibility index (Phi) is 2.59. The van der Waals surface area contributed by atoms with Crippen molar-refractivity contribution in [3.63, 3.8) is 0 Å². The Morgan fingerprint density at radius 3 is 2.29 bits per heavy atom. The highest BCUT2D eigenvalue weighted by atomic mass is 16.5. The summed E-state index contributed by atoms with van der Waals surface area (Å²) in [6, 6.07) is 0.350. The third-order valence-corrected chi connectivity index (χ3v) is 5.84. The summed E-state index contributed by atoms with van der Waals surface area (Å²) >= 11 is 0. The van der Waals surface area contributed by atoms with E-state index in [1.54, 1.807) is 0 Å². The lowest BCUT2D eigenvalue weighted by Crippen LogP contribution is -2.70. The second-order valence-electron chi connectivity index (χ2n) is 6.93. The van der Waals surface area contributed by atoms with Crippen molar-refractivity contribution >= 4 is 0 Å². The van der Waals surface area contributed by atoms with Crippen LogP contribution in [0, 0.1) is 17.3 Å². The van der Waals surface area contributed by atoms with E-state index in [1.165, 1.54) is 6.42 Å². The van der Waals surface area contributed by atoms with Gasteiger partial charge in [-0.3, -0.25) is 4.90 Å². The number of rotatable bonds is 1. The number of aliphatic hydroxyl groups is 1. The second-order valence-corrected chi connectivity index (χ2v) is 6.93. The quantitative estimate of drug-likeness (QED) is 0.753. The summed E-state index contributed by atoms with van der Waals surface area (Å²) < 4.78 is 5.41. The summed E-state index contributed by atoms with van der Waals surface area (Å²) in [5.74, 6) is 1.28. The molecule has 3 aliphatic carbocycles. The van der Waals surface area contributed by atoms with Crippen molar-refractivity contribution in [1.29, 1.82) is 0 Å². The van der Waals surface area contributed by atoms with Gasteiger partial charge in [-0.1, -0.05) is 13.8 Å². The van der Waals surface area contributed by atoms with Gasteiger partial charge in [0.25, 0.3) is 0 Å². The molecule has 4 rings (SSSR count). The van der Waals surface area contributed by atoms with Crippen LogP contribution in [0.3, 0.4) is 0 Å². The van der Waals surface area contributed by atoms with Gasteiger partial charge in [-0.2, -0.15) is 0 Å². The van der Waals surface area contributed by atoms with Crippen LogP contribution in [0.2, 0.25) is 0 Å². The molecule has 0 aromatic carbocycles. The van der Waals surface area contributed by atoms with Crippen LogP contribution < -0.4 is 0 Å². The average molecular weight is 239 g/mol. The number of morpholine rings is 1. The van der Waals surface area contributed by atoms with Crippen molar-refractivity contribution in [1.82, 2.24) is 4.90 Å². The minimum absolute atomic E-state index is 0.340. The van der Waals surface area contributed by atoms with Crippen molar-refractivity contribution in [3.8, 4) is 0 Å². The molecule has 4 fully saturated rings. The molecule has 3 nitrogen and oxygen atoms in total. The Morgan fingerprint density at radius 1 is 1.12 bits per heavy atom. The van der Waals surface area contributed by atoms with Crippen molar-refractivity contribution in [3.05, 3.63) is 0 Å². The van der Waals surface area contributed by atoms with Crippen molar-refractivity contribution in [2.45, 2.75) is 45.3 Å². The van der Waals surface area contributed by atoms with Crippen LogP contribution in [0.15, 0.2) is 0 Å². The van der Waals surface area contributed by atoms with Gasteiger partial charge in [-0.15, -0.1) is 0 Å². The normalized spacial score (nSPS) is 49.8. The van der Waals surface area contributed by atoms with Crippen LogP contribution in [0.25, 0.3) is 0 Å². The van der Waals surface area contributed by atoms with Gasteiger partial charge in [0, 0.05) is 19.1 Å². The number of hydrogen-bond donors (Lipinski definition) is 1. The fourth-order valence-electron chi connectivity index (χ4n) is 4.56. The molecule has 4 aliphatic rings. The SMILES string of the molecule is CC1(O)C(N2CCOCC2)C[C@H]2C[C@@H]1C2(C)C. The molecule has 17 heavy (non-hydrogen) atoms. The van der Waals surface area contributed by atoms with Crippen molar-refractivity contribution in [2.24, 2.45) is 17.3 Å². The summed E-state index contributed by atoms with van der Waals surface area (Å²) in [5, 5.41) is 10.9. The highest BCUT2D eigenvalue weighted by Crippen LogP contribution is 2.63. The zero-order valence-corrected chi connectivity index (χ0v) is 11.3. The van der Waals surface area contributed by atoms with Gasteiger partial charge >= 0.3 is 0 Å². The summed E-state index contributed by atoms with van der Waals surface area (Å²) in [6.07, 6.45) is 2.39. The standard InChI is InChI=1S/C14H25NO2/c1-13(2)10-8-11(13)14(3,16)12(9-10)15-4-6-17-7-5-15/h10-12,16H,4-9H2,1-3H3/t10-,11-,12?,14?/m1/s1. The maximum absolute atomic E-state index is 10.9. The molecule has 1 saturated heterocycles. The molecule has 1 aliphatic heterocycles. The highest BCUT2D eigenvalue weighted by molar-refractivity contribution is 5.14. The van der Waals surface area contributed by atoms with Crippen LogP contribution in [-0.2, 0) is 4.74 Å². The third-order valence-electron chi connectivity index (χ3n) is 5.84. The van der Waals surface area contributed by atoms with E-state index in [-0.39, 0.29) is 0 Å². The lowest BCUT2D eigenvalue weighted by Gasteiger charge is -2.66. The Hall–Kier alpha value is -0.120. The summed E-state index contributed by atoms with van der Waals surface area (Å²) in [5.41, 5.74) is -0.179. The van der Waals surface area contributed by atoms with E-state index in [9.17, 15) is 5.11 Å². The van der Waals surface area contributed by atoms with Gasteiger partial charge in [-0.05, 0) is 37.0 Å². The predicted octanol–water partition coefficient (Wildman–Crippen LogP) is 1.50. The predicted molar refractivity (Wildman–Crippen MR) is 66.8 cm³/mol. The van der Waals surface area contributed by atoms with Crippen LogP contribution >= 0.6 is 0 Å². The third kappa shape index (κ3) is 1.59. The van der Waals surface area contributed by atoms with Gasteiger partial charge in [-0.25, -0.2) is 0 Å². The first-order chi connectivity index (χ1) is 7.94. The minimum atomic E-state index is -0.518. The molecule has 0 aromatic heterocycles. The van der Waals surface area contributed by atoms with Crippen molar-refractivity contribution < 1.29 is 9.84 Å². The van der Waals surface area contributed by atoms with Crippen LogP contribution in [0.1, 0.15) is 33.6 Å².